The Balaban J connectivity index is 2.03. The maximum Gasteiger partial charge on any atom is 0.244 e. The summed E-state index contributed by atoms with van der Waals surface area (Å²) in [5, 5.41) is 3.05. The molecule has 2 N–H and O–H groups in total. The lowest BCUT2D eigenvalue weighted by atomic mass is 9.90. The third-order valence-electron chi connectivity index (χ3n) is 3.42. The molecule has 1 aromatic rings. The van der Waals surface area contributed by atoms with Gasteiger partial charge in [0, 0.05) is 25.4 Å². The van der Waals surface area contributed by atoms with Crippen LogP contribution in [-0.2, 0) is 14.8 Å². The second-order valence-corrected chi connectivity index (χ2v) is 6.83. The van der Waals surface area contributed by atoms with Crippen LogP contribution in [-0.4, -0.2) is 38.7 Å². The highest BCUT2D eigenvalue weighted by molar-refractivity contribution is 7.89. The first-order chi connectivity index (χ1) is 10.1. The molecule has 2 rings (SSSR count). The summed E-state index contributed by atoms with van der Waals surface area (Å²) in [6, 6.07) is 3.16. The van der Waals surface area contributed by atoms with Crippen molar-refractivity contribution in [1.82, 2.24) is 9.71 Å². The van der Waals surface area contributed by atoms with E-state index in [1.54, 1.807) is 18.3 Å². The molecule has 0 aliphatic heterocycles. The number of ether oxygens (including phenoxy) is 1. The number of anilines is 1. The van der Waals surface area contributed by atoms with Crippen molar-refractivity contribution in [2.45, 2.75) is 50.2 Å². The number of nitrogens with zero attached hydrogens (tertiary/aromatic N) is 1. The molecule has 0 spiro atoms. The summed E-state index contributed by atoms with van der Waals surface area (Å²) in [5.74, 6) is 0.410. The van der Waals surface area contributed by atoms with Crippen molar-refractivity contribution in [3.05, 3.63) is 18.3 Å². The van der Waals surface area contributed by atoms with Crippen LogP contribution in [0.5, 0.6) is 0 Å². The standard InChI is InChI=1S/C14H23N3O3S/c1-3-7-15-14-13(6-5-8-16-14)21(18,19)17-11-9-12(10-11)20-4-2/h5-6,8,11-12,17H,3-4,7,9-10H2,1-2H3,(H,15,16). The molecule has 6 nitrogen and oxygen atoms in total. The SMILES string of the molecule is CCCNc1ncccc1S(=O)(=O)NC1CC(OCC)C1. The highest BCUT2D eigenvalue weighted by atomic mass is 32.2. The van der Waals surface area contributed by atoms with E-state index in [-0.39, 0.29) is 17.0 Å². The van der Waals surface area contributed by atoms with Crippen LogP contribution in [0.15, 0.2) is 23.2 Å². The van der Waals surface area contributed by atoms with Gasteiger partial charge in [0.15, 0.2) is 0 Å². The first-order valence-electron chi connectivity index (χ1n) is 7.39. The van der Waals surface area contributed by atoms with Crippen LogP contribution in [0.4, 0.5) is 5.82 Å². The van der Waals surface area contributed by atoms with Gasteiger partial charge in [-0.2, -0.15) is 0 Å². The molecule has 0 radical (unpaired) electrons. The van der Waals surface area contributed by atoms with E-state index in [0.29, 0.717) is 19.0 Å². The lowest BCUT2D eigenvalue weighted by molar-refractivity contribution is -0.00475. The van der Waals surface area contributed by atoms with Gasteiger partial charge in [-0.1, -0.05) is 6.92 Å². The molecule has 1 aromatic heterocycles. The minimum Gasteiger partial charge on any atom is -0.378 e. The Morgan fingerprint density at radius 1 is 1.38 bits per heavy atom. The number of nitrogens with one attached hydrogen (secondary N) is 2. The average molecular weight is 313 g/mol. The van der Waals surface area contributed by atoms with Gasteiger partial charge >= 0.3 is 0 Å². The number of sulfonamides is 1. The lowest BCUT2D eigenvalue weighted by Crippen LogP contribution is -2.47. The number of hydrogen-bond acceptors (Lipinski definition) is 5. The highest BCUT2D eigenvalue weighted by Crippen LogP contribution is 2.26. The molecular weight excluding hydrogens is 290 g/mol. The number of hydrogen-bond donors (Lipinski definition) is 2. The van der Waals surface area contributed by atoms with Crippen molar-refractivity contribution in [3.63, 3.8) is 0 Å². The minimum atomic E-state index is -3.55. The predicted molar refractivity (Wildman–Crippen MR) is 81.8 cm³/mol. The molecule has 1 aliphatic rings. The van der Waals surface area contributed by atoms with Crippen LogP contribution in [0.25, 0.3) is 0 Å². The molecule has 7 heteroatoms. The van der Waals surface area contributed by atoms with E-state index in [9.17, 15) is 8.42 Å². The van der Waals surface area contributed by atoms with Gasteiger partial charge in [0.25, 0.3) is 0 Å². The molecule has 0 atom stereocenters. The van der Waals surface area contributed by atoms with E-state index in [1.165, 1.54) is 0 Å². The van der Waals surface area contributed by atoms with E-state index >= 15 is 0 Å². The van der Waals surface area contributed by atoms with Gasteiger partial charge in [-0.05, 0) is 38.3 Å². The molecule has 1 saturated carbocycles. The number of pyridine rings is 1. The van der Waals surface area contributed by atoms with Crippen LogP contribution in [0, 0.1) is 0 Å². The Morgan fingerprint density at radius 2 is 2.14 bits per heavy atom. The van der Waals surface area contributed by atoms with E-state index in [0.717, 1.165) is 19.3 Å². The average Bonchev–Trinajstić information content (AvgIpc) is 2.43. The van der Waals surface area contributed by atoms with Crippen LogP contribution < -0.4 is 10.0 Å². The Labute approximate surface area is 126 Å². The topological polar surface area (TPSA) is 80.3 Å². The Bertz CT molecular complexity index is 556. The molecular formula is C14H23N3O3S. The number of rotatable bonds is 8. The van der Waals surface area contributed by atoms with Crippen LogP contribution in [0.1, 0.15) is 33.1 Å². The summed E-state index contributed by atoms with van der Waals surface area (Å²) >= 11 is 0. The van der Waals surface area contributed by atoms with E-state index in [1.807, 2.05) is 13.8 Å². The third-order valence-corrected chi connectivity index (χ3v) is 4.97. The summed E-state index contributed by atoms with van der Waals surface area (Å²) in [6.07, 6.45) is 4.12. The van der Waals surface area contributed by atoms with Crippen LogP contribution >= 0.6 is 0 Å². The maximum atomic E-state index is 12.5. The van der Waals surface area contributed by atoms with E-state index in [4.69, 9.17) is 4.74 Å². The summed E-state index contributed by atoms with van der Waals surface area (Å²) in [7, 11) is -3.55. The number of aromatic nitrogens is 1. The molecule has 1 heterocycles. The van der Waals surface area contributed by atoms with Gasteiger partial charge in [0.05, 0.1) is 6.10 Å². The first kappa shape index (κ1) is 16.2. The van der Waals surface area contributed by atoms with Gasteiger partial charge in [0.1, 0.15) is 10.7 Å². The minimum absolute atomic E-state index is 0.0502. The van der Waals surface area contributed by atoms with Gasteiger partial charge in [-0.3, -0.25) is 0 Å². The summed E-state index contributed by atoms with van der Waals surface area (Å²) in [4.78, 5) is 4.33. The largest absolute Gasteiger partial charge is 0.378 e. The van der Waals surface area contributed by atoms with Gasteiger partial charge in [0.2, 0.25) is 10.0 Å². The summed E-state index contributed by atoms with van der Waals surface area (Å²) in [5.41, 5.74) is 0. The molecule has 0 amide bonds. The summed E-state index contributed by atoms with van der Waals surface area (Å²) in [6.45, 7) is 5.32. The van der Waals surface area contributed by atoms with E-state index in [2.05, 4.69) is 15.0 Å². The summed E-state index contributed by atoms with van der Waals surface area (Å²) < 4.78 is 33.1. The Kier molecular flexibility index (Phi) is 5.55. The van der Waals surface area contributed by atoms with Crippen molar-refractivity contribution in [1.29, 1.82) is 0 Å². The molecule has 1 aliphatic carbocycles. The van der Waals surface area contributed by atoms with Crippen molar-refractivity contribution in [2.24, 2.45) is 0 Å². The molecule has 0 aromatic carbocycles. The fourth-order valence-corrected chi connectivity index (χ4v) is 3.70. The normalized spacial score (nSPS) is 21.8. The van der Waals surface area contributed by atoms with Crippen molar-refractivity contribution >= 4 is 15.8 Å². The fourth-order valence-electron chi connectivity index (χ4n) is 2.30. The molecule has 21 heavy (non-hydrogen) atoms. The zero-order valence-corrected chi connectivity index (χ0v) is 13.3. The third kappa shape index (κ3) is 4.15. The molecule has 1 fully saturated rings. The molecule has 118 valence electrons. The van der Waals surface area contributed by atoms with Crippen molar-refractivity contribution < 1.29 is 13.2 Å². The highest BCUT2D eigenvalue weighted by Gasteiger charge is 2.33. The quantitative estimate of drug-likeness (QED) is 0.764. The first-order valence-corrected chi connectivity index (χ1v) is 8.88. The van der Waals surface area contributed by atoms with Crippen molar-refractivity contribution in [2.75, 3.05) is 18.5 Å². The van der Waals surface area contributed by atoms with Gasteiger partial charge < -0.3 is 10.1 Å². The fraction of sp³-hybridized carbons (Fsp3) is 0.643. The smallest absolute Gasteiger partial charge is 0.244 e. The van der Waals surface area contributed by atoms with Gasteiger partial charge in [-0.25, -0.2) is 18.1 Å². The van der Waals surface area contributed by atoms with Crippen LogP contribution in [0.3, 0.4) is 0 Å². The van der Waals surface area contributed by atoms with Crippen molar-refractivity contribution in [3.8, 4) is 0 Å². The maximum absolute atomic E-state index is 12.5. The molecule has 0 saturated heterocycles. The van der Waals surface area contributed by atoms with Crippen LogP contribution in [0.2, 0.25) is 0 Å². The molecule has 0 bridgehead atoms. The second-order valence-electron chi connectivity index (χ2n) is 5.14. The zero-order valence-electron chi connectivity index (χ0n) is 12.5. The monoisotopic (exact) mass is 313 g/mol. The second kappa shape index (κ2) is 7.20. The Hall–Kier alpha value is -1.18. The van der Waals surface area contributed by atoms with E-state index < -0.39 is 10.0 Å². The lowest BCUT2D eigenvalue weighted by Gasteiger charge is -2.35. The predicted octanol–water partition coefficient (Wildman–Crippen LogP) is 1.75. The zero-order chi connectivity index (χ0) is 15.3. The Morgan fingerprint density at radius 3 is 2.81 bits per heavy atom. The van der Waals surface area contributed by atoms with Gasteiger partial charge in [-0.15, -0.1) is 0 Å². The molecule has 0 unspecified atom stereocenters.